The number of sulfonamides is 1. The molecule has 0 aromatic carbocycles. The third-order valence-electron chi connectivity index (χ3n) is 1.92. The Labute approximate surface area is 109 Å². The van der Waals surface area contributed by atoms with Gasteiger partial charge in [0.2, 0.25) is 10.0 Å². The van der Waals surface area contributed by atoms with Crippen LogP contribution in [-0.2, 0) is 25.0 Å². The van der Waals surface area contributed by atoms with E-state index < -0.39 is 20.2 Å². The van der Waals surface area contributed by atoms with Crippen LogP contribution in [-0.4, -0.2) is 66.7 Å². The van der Waals surface area contributed by atoms with Gasteiger partial charge in [0.25, 0.3) is 10.2 Å². The maximum Gasteiger partial charge on any atom is 0.292 e. The summed E-state index contributed by atoms with van der Waals surface area (Å²) in [5, 5.41) is 2.87. The molecule has 0 aromatic rings. The molecule has 0 aliphatic rings. The fraction of sp³-hybridized carbons (Fsp3) is 1.00. The van der Waals surface area contributed by atoms with Gasteiger partial charge in [-0.3, -0.25) is 0 Å². The predicted molar refractivity (Wildman–Crippen MR) is 68.9 cm³/mol. The number of hydrogen-bond donors (Lipinski definition) is 2. The highest BCUT2D eigenvalue weighted by Gasteiger charge is 2.28. The summed E-state index contributed by atoms with van der Waals surface area (Å²) in [5.74, 6) is 0. The summed E-state index contributed by atoms with van der Waals surface area (Å²) in [6, 6.07) is 0. The van der Waals surface area contributed by atoms with E-state index in [0.717, 1.165) is 6.26 Å². The Bertz CT molecular complexity index is 420. The van der Waals surface area contributed by atoms with Crippen molar-refractivity contribution in [3.8, 4) is 0 Å². The zero-order valence-corrected chi connectivity index (χ0v) is 12.5. The smallest absolute Gasteiger partial charge is 0.292 e. The predicted octanol–water partition coefficient (Wildman–Crippen LogP) is -1.66. The zero-order valence-electron chi connectivity index (χ0n) is 10.8. The minimum absolute atomic E-state index is 0.0259. The molecule has 0 aliphatic heterocycles. The summed E-state index contributed by atoms with van der Waals surface area (Å²) >= 11 is 0. The lowest BCUT2D eigenvalue weighted by Gasteiger charge is -2.18. The Morgan fingerprint density at radius 2 is 1.67 bits per heavy atom. The van der Waals surface area contributed by atoms with Gasteiger partial charge in [-0.2, -0.15) is 13.1 Å². The number of ether oxygens (including phenoxy) is 1. The Morgan fingerprint density at radius 1 is 1.11 bits per heavy atom. The molecule has 0 saturated heterocycles. The van der Waals surface area contributed by atoms with E-state index in [4.69, 9.17) is 4.74 Å². The van der Waals surface area contributed by atoms with Crippen LogP contribution in [0.15, 0.2) is 0 Å². The molecule has 0 rings (SSSR count). The van der Waals surface area contributed by atoms with Crippen LogP contribution in [0.2, 0.25) is 0 Å². The van der Waals surface area contributed by atoms with E-state index in [0.29, 0.717) is 16.9 Å². The number of likely N-dealkylation sites (N-methyl/N-ethyl adjacent to an activating group) is 1. The first-order valence-electron chi connectivity index (χ1n) is 5.45. The Kier molecular flexibility index (Phi) is 7.90. The molecule has 0 heterocycles. The molecule has 0 amide bonds. The van der Waals surface area contributed by atoms with Crippen molar-refractivity contribution in [3.05, 3.63) is 0 Å². The molecule has 0 atom stereocenters. The highest BCUT2D eigenvalue weighted by Crippen LogP contribution is 2.03. The largest absolute Gasteiger partial charge is 0.379 e. The SMILES string of the molecule is CCN(S(C)(=O)=O)S(=O)(=O)NCCOCCNC. The average Bonchev–Trinajstić information content (AvgIpc) is 2.21. The van der Waals surface area contributed by atoms with Crippen LogP contribution in [0, 0.1) is 0 Å². The van der Waals surface area contributed by atoms with Crippen molar-refractivity contribution < 1.29 is 21.6 Å². The first-order valence-corrected chi connectivity index (χ1v) is 8.74. The quantitative estimate of drug-likeness (QED) is 0.468. The minimum Gasteiger partial charge on any atom is -0.379 e. The Hall–Kier alpha value is -0.260. The van der Waals surface area contributed by atoms with E-state index in [1.165, 1.54) is 6.92 Å². The molecule has 18 heavy (non-hydrogen) atoms. The van der Waals surface area contributed by atoms with Crippen LogP contribution in [0.5, 0.6) is 0 Å². The lowest BCUT2D eigenvalue weighted by atomic mass is 10.7. The molecule has 0 aliphatic carbocycles. The van der Waals surface area contributed by atoms with Crippen molar-refractivity contribution in [1.29, 1.82) is 0 Å². The number of hydrogen-bond acceptors (Lipinski definition) is 6. The number of rotatable bonds is 10. The molecule has 0 fully saturated rings. The van der Waals surface area contributed by atoms with Gasteiger partial charge < -0.3 is 10.1 Å². The summed E-state index contributed by atoms with van der Waals surface area (Å²) < 4.78 is 53.5. The van der Waals surface area contributed by atoms with Gasteiger partial charge in [-0.1, -0.05) is 10.6 Å². The lowest BCUT2D eigenvalue weighted by molar-refractivity contribution is 0.142. The maximum absolute atomic E-state index is 11.7. The molecule has 0 bridgehead atoms. The van der Waals surface area contributed by atoms with Crippen molar-refractivity contribution in [2.24, 2.45) is 0 Å². The summed E-state index contributed by atoms with van der Waals surface area (Å²) in [4.78, 5) is 0. The van der Waals surface area contributed by atoms with E-state index in [1.807, 2.05) is 0 Å². The van der Waals surface area contributed by atoms with E-state index in [1.54, 1.807) is 7.05 Å². The first kappa shape index (κ1) is 17.7. The molecule has 0 saturated carbocycles. The average molecular weight is 303 g/mol. The molecule has 0 unspecified atom stereocenters. The molecule has 0 spiro atoms. The molecule has 8 nitrogen and oxygen atoms in total. The summed E-state index contributed by atoms with van der Waals surface area (Å²) in [5.41, 5.74) is 0. The van der Waals surface area contributed by atoms with Crippen molar-refractivity contribution in [2.45, 2.75) is 6.92 Å². The molecule has 110 valence electrons. The Balaban J connectivity index is 4.23. The summed E-state index contributed by atoms with van der Waals surface area (Å²) in [6.07, 6.45) is 0.846. The second-order valence-electron chi connectivity index (χ2n) is 3.47. The molecule has 0 radical (unpaired) electrons. The molecule has 0 aromatic heterocycles. The van der Waals surface area contributed by atoms with Gasteiger partial charge in [0.05, 0.1) is 19.5 Å². The summed E-state index contributed by atoms with van der Waals surface area (Å²) in [7, 11) is -6.04. The van der Waals surface area contributed by atoms with E-state index in [9.17, 15) is 16.8 Å². The Morgan fingerprint density at radius 3 is 2.11 bits per heavy atom. The van der Waals surface area contributed by atoms with Crippen LogP contribution in [0.3, 0.4) is 0 Å². The van der Waals surface area contributed by atoms with Crippen LogP contribution in [0.25, 0.3) is 0 Å². The molecule has 2 N–H and O–H groups in total. The van der Waals surface area contributed by atoms with Gasteiger partial charge in [-0.15, -0.1) is 0 Å². The van der Waals surface area contributed by atoms with Crippen LogP contribution >= 0.6 is 0 Å². The monoisotopic (exact) mass is 303 g/mol. The van der Waals surface area contributed by atoms with Gasteiger partial charge in [0, 0.05) is 19.6 Å². The lowest BCUT2D eigenvalue weighted by Crippen LogP contribution is -2.44. The van der Waals surface area contributed by atoms with E-state index in [-0.39, 0.29) is 19.7 Å². The van der Waals surface area contributed by atoms with Crippen LogP contribution in [0.1, 0.15) is 6.92 Å². The zero-order chi connectivity index (χ0) is 14.2. The third-order valence-corrected chi connectivity index (χ3v) is 5.69. The third kappa shape index (κ3) is 6.61. The highest BCUT2D eigenvalue weighted by atomic mass is 32.3. The molecule has 10 heteroatoms. The molecular weight excluding hydrogens is 282 g/mol. The first-order chi connectivity index (χ1) is 8.25. The second kappa shape index (κ2) is 8.02. The van der Waals surface area contributed by atoms with Crippen molar-refractivity contribution in [2.75, 3.05) is 46.2 Å². The van der Waals surface area contributed by atoms with Crippen molar-refractivity contribution in [3.63, 3.8) is 0 Å². The van der Waals surface area contributed by atoms with E-state index in [2.05, 4.69) is 10.0 Å². The van der Waals surface area contributed by atoms with Crippen molar-refractivity contribution in [1.82, 2.24) is 13.7 Å². The van der Waals surface area contributed by atoms with E-state index >= 15 is 0 Å². The van der Waals surface area contributed by atoms with Gasteiger partial charge in [0.15, 0.2) is 0 Å². The van der Waals surface area contributed by atoms with Crippen LogP contribution < -0.4 is 10.0 Å². The van der Waals surface area contributed by atoms with Gasteiger partial charge in [0.1, 0.15) is 0 Å². The normalized spacial score (nSPS) is 13.1. The second-order valence-corrected chi connectivity index (χ2v) is 7.28. The van der Waals surface area contributed by atoms with Gasteiger partial charge >= 0.3 is 0 Å². The van der Waals surface area contributed by atoms with Crippen molar-refractivity contribution >= 4 is 20.2 Å². The highest BCUT2D eigenvalue weighted by molar-refractivity contribution is 8.02. The fourth-order valence-corrected chi connectivity index (χ4v) is 4.05. The van der Waals surface area contributed by atoms with Gasteiger partial charge in [-0.25, -0.2) is 8.42 Å². The number of nitrogens with zero attached hydrogens (tertiary/aromatic N) is 1. The maximum atomic E-state index is 11.7. The molecular formula is C8H21N3O5S2. The van der Waals surface area contributed by atoms with Gasteiger partial charge in [-0.05, 0) is 7.05 Å². The fourth-order valence-electron chi connectivity index (χ4n) is 1.17. The number of nitrogens with one attached hydrogen (secondary N) is 2. The summed E-state index contributed by atoms with van der Waals surface area (Å²) in [6.45, 7) is 2.64. The topological polar surface area (TPSA) is 105 Å². The minimum atomic E-state index is -4.02. The van der Waals surface area contributed by atoms with Crippen LogP contribution in [0.4, 0.5) is 0 Å². The standard InChI is InChI=1S/C8H21N3O5S2/c1-4-11(17(3,12)13)18(14,15)10-6-8-16-7-5-9-2/h9-10H,4-8H2,1-3H3.